The second-order valence-corrected chi connectivity index (χ2v) is 3.57. The maximum atomic E-state index is 10.9. The molecule has 0 spiro atoms. The zero-order valence-corrected chi connectivity index (χ0v) is 7.93. The van der Waals surface area contributed by atoms with Crippen LogP contribution in [0.15, 0.2) is 28.3 Å². The molecule has 2 heterocycles. The lowest BCUT2D eigenvalue weighted by Crippen LogP contribution is -1.90. The van der Waals surface area contributed by atoms with E-state index >= 15 is 0 Å². The van der Waals surface area contributed by atoms with E-state index in [1.165, 1.54) is 17.7 Å². The summed E-state index contributed by atoms with van der Waals surface area (Å²) in [5.41, 5.74) is 0.170. The Labute approximate surface area is 83.0 Å². The van der Waals surface area contributed by atoms with Gasteiger partial charge in [-0.2, -0.15) is 0 Å². The molecule has 0 fully saturated rings. The van der Waals surface area contributed by atoms with Crippen LogP contribution in [0.5, 0.6) is 0 Å². The average molecular weight is 214 g/mol. The van der Waals surface area contributed by atoms with Crippen molar-refractivity contribution in [1.29, 1.82) is 0 Å². The van der Waals surface area contributed by atoms with Crippen LogP contribution in [0.3, 0.4) is 0 Å². The fourth-order valence-electron chi connectivity index (χ4n) is 0.969. The molecule has 0 radical (unpaired) electrons. The fraction of sp³-hybridized carbons (Fsp3) is 0. The lowest BCUT2D eigenvalue weighted by Gasteiger charge is -1.90. The van der Waals surface area contributed by atoms with Gasteiger partial charge in [0.05, 0.1) is 4.88 Å². The van der Waals surface area contributed by atoms with E-state index in [2.05, 4.69) is 4.98 Å². The minimum absolute atomic E-state index is 0.170. The number of hydrogen-bond donors (Lipinski definition) is 0. The number of thiophene rings is 1. The summed E-state index contributed by atoms with van der Waals surface area (Å²) in [5.74, 6) is 0.440. The van der Waals surface area contributed by atoms with Crippen molar-refractivity contribution in [2.75, 3.05) is 0 Å². The van der Waals surface area contributed by atoms with E-state index in [1.54, 1.807) is 0 Å². The van der Waals surface area contributed by atoms with Crippen LogP contribution in [0.4, 0.5) is 0 Å². The Balaban J connectivity index is 2.52. The first-order chi connectivity index (χ1) is 6.29. The molecule has 0 amide bonds. The number of carbonyl (C=O) groups excluding carboxylic acids is 1. The molecule has 66 valence electrons. The van der Waals surface area contributed by atoms with Gasteiger partial charge in [0.25, 0.3) is 5.24 Å². The highest BCUT2D eigenvalue weighted by Gasteiger charge is 2.16. The zero-order chi connectivity index (χ0) is 9.26. The first kappa shape index (κ1) is 8.47. The normalized spacial score (nSPS) is 10.2. The van der Waals surface area contributed by atoms with Gasteiger partial charge in [0.2, 0.25) is 0 Å². The van der Waals surface area contributed by atoms with E-state index in [0.717, 1.165) is 4.88 Å². The van der Waals surface area contributed by atoms with Gasteiger partial charge >= 0.3 is 0 Å². The maximum Gasteiger partial charge on any atom is 0.274 e. The highest BCUT2D eigenvalue weighted by Crippen LogP contribution is 2.28. The van der Waals surface area contributed by atoms with Crippen molar-refractivity contribution in [1.82, 2.24) is 4.98 Å². The van der Waals surface area contributed by atoms with Crippen molar-refractivity contribution < 1.29 is 9.21 Å². The molecule has 0 atom stereocenters. The van der Waals surface area contributed by atoms with Crippen LogP contribution in [-0.4, -0.2) is 10.2 Å². The maximum absolute atomic E-state index is 10.9. The van der Waals surface area contributed by atoms with Crippen LogP contribution >= 0.6 is 22.9 Å². The van der Waals surface area contributed by atoms with E-state index < -0.39 is 5.24 Å². The number of rotatable bonds is 2. The number of hydrogen-bond acceptors (Lipinski definition) is 4. The minimum Gasteiger partial charge on any atom is -0.442 e. The van der Waals surface area contributed by atoms with Crippen molar-refractivity contribution in [2.24, 2.45) is 0 Å². The van der Waals surface area contributed by atoms with Gasteiger partial charge in [-0.1, -0.05) is 6.07 Å². The third kappa shape index (κ3) is 1.50. The molecule has 3 nitrogen and oxygen atoms in total. The summed E-state index contributed by atoms with van der Waals surface area (Å²) >= 11 is 6.78. The number of aromatic nitrogens is 1. The van der Waals surface area contributed by atoms with Gasteiger partial charge in [-0.3, -0.25) is 4.79 Å². The lowest BCUT2D eigenvalue weighted by molar-refractivity contribution is 0.107. The van der Waals surface area contributed by atoms with Crippen LogP contribution in [0.25, 0.3) is 10.6 Å². The SMILES string of the molecule is O=C(Cl)c1ncoc1-c1cccs1. The van der Waals surface area contributed by atoms with Crippen molar-refractivity contribution in [3.05, 3.63) is 29.6 Å². The summed E-state index contributed by atoms with van der Waals surface area (Å²) in [4.78, 5) is 15.4. The molecule has 0 aromatic carbocycles. The first-order valence-electron chi connectivity index (χ1n) is 3.46. The first-order valence-corrected chi connectivity index (χ1v) is 4.72. The minimum atomic E-state index is -0.600. The summed E-state index contributed by atoms with van der Waals surface area (Å²) < 4.78 is 5.06. The predicted octanol–water partition coefficient (Wildman–Crippen LogP) is 2.78. The molecular weight excluding hydrogens is 210 g/mol. The van der Waals surface area contributed by atoms with Crippen LogP contribution < -0.4 is 0 Å². The molecule has 0 saturated heterocycles. The molecule has 2 aromatic rings. The predicted molar refractivity (Wildman–Crippen MR) is 50.0 cm³/mol. The van der Waals surface area contributed by atoms with E-state index in [0.29, 0.717) is 5.76 Å². The molecule has 0 saturated carbocycles. The van der Waals surface area contributed by atoms with Gasteiger partial charge in [-0.05, 0) is 23.0 Å². The van der Waals surface area contributed by atoms with Crippen molar-refractivity contribution in [3.63, 3.8) is 0 Å². The third-order valence-corrected chi connectivity index (χ3v) is 2.55. The molecule has 0 N–H and O–H groups in total. The smallest absolute Gasteiger partial charge is 0.274 e. The van der Waals surface area contributed by atoms with Crippen molar-refractivity contribution in [2.45, 2.75) is 0 Å². The van der Waals surface area contributed by atoms with Crippen LogP contribution in [0.1, 0.15) is 10.5 Å². The van der Waals surface area contributed by atoms with E-state index in [1.807, 2.05) is 17.5 Å². The summed E-state index contributed by atoms with van der Waals surface area (Å²) in [6.45, 7) is 0. The molecule has 5 heteroatoms. The van der Waals surface area contributed by atoms with Gasteiger partial charge in [0, 0.05) is 0 Å². The summed E-state index contributed by atoms with van der Waals surface area (Å²) in [6.07, 6.45) is 1.21. The quantitative estimate of drug-likeness (QED) is 0.721. The summed E-state index contributed by atoms with van der Waals surface area (Å²) in [5, 5.41) is 1.29. The Kier molecular flexibility index (Phi) is 2.16. The Morgan fingerprint density at radius 1 is 1.62 bits per heavy atom. The van der Waals surface area contributed by atoms with Gasteiger partial charge in [0.15, 0.2) is 17.8 Å². The fourth-order valence-corrected chi connectivity index (χ4v) is 1.82. The molecule has 13 heavy (non-hydrogen) atoms. The number of oxazole rings is 1. The lowest BCUT2D eigenvalue weighted by atomic mass is 10.3. The standard InChI is InChI=1S/C8H4ClNO2S/c9-8(11)6-7(12-4-10-6)5-2-1-3-13-5/h1-4H. The van der Waals surface area contributed by atoms with Crippen molar-refractivity contribution >= 4 is 28.2 Å². The molecule has 0 bridgehead atoms. The zero-order valence-electron chi connectivity index (χ0n) is 6.36. The van der Waals surface area contributed by atoms with E-state index in [9.17, 15) is 4.79 Å². The Hall–Kier alpha value is -1.13. The van der Waals surface area contributed by atoms with Crippen LogP contribution in [0, 0.1) is 0 Å². The van der Waals surface area contributed by atoms with E-state index in [4.69, 9.17) is 16.0 Å². The van der Waals surface area contributed by atoms with Gasteiger partial charge in [-0.15, -0.1) is 11.3 Å². The molecule has 2 rings (SSSR count). The molecule has 0 aliphatic heterocycles. The molecule has 2 aromatic heterocycles. The third-order valence-electron chi connectivity index (χ3n) is 1.50. The molecule has 0 aliphatic carbocycles. The number of nitrogens with zero attached hydrogens (tertiary/aromatic N) is 1. The molecule has 0 unspecified atom stereocenters. The van der Waals surface area contributed by atoms with Gasteiger partial charge in [-0.25, -0.2) is 4.98 Å². The Morgan fingerprint density at radius 2 is 2.46 bits per heavy atom. The Morgan fingerprint density at radius 3 is 3.08 bits per heavy atom. The topological polar surface area (TPSA) is 43.1 Å². The van der Waals surface area contributed by atoms with Gasteiger partial charge in [0.1, 0.15) is 0 Å². The van der Waals surface area contributed by atoms with E-state index in [-0.39, 0.29) is 5.69 Å². The molecular formula is C8H4ClNO2S. The summed E-state index contributed by atoms with van der Waals surface area (Å²) in [7, 11) is 0. The highest BCUT2D eigenvalue weighted by atomic mass is 35.5. The number of carbonyl (C=O) groups is 1. The van der Waals surface area contributed by atoms with Crippen molar-refractivity contribution in [3.8, 4) is 10.6 Å². The summed E-state index contributed by atoms with van der Waals surface area (Å²) in [6, 6.07) is 3.71. The van der Waals surface area contributed by atoms with Crippen LogP contribution in [0.2, 0.25) is 0 Å². The van der Waals surface area contributed by atoms with Crippen LogP contribution in [-0.2, 0) is 0 Å². The Bertz CT molecular complexity index is 421. The average Bonchev–Trinajstić information content (AvgIpc) is 2.74. The second kappa shape index (κ2) is 3.32. The van der Waals surface area contributed by atoms with Gasteiger partial charge < -0.3 is 4.42 Å². The largest absolute Gasteiger partial charge is 0.442 e. The highest BCUT2D eigenvalue weighted by molar-refractivity contribution is 7.13. The second-order valence-electron chi connectivity index (χ2n) is 2.28. The number of halogens is 1. The molecule has 0 aliphatic rings. The monoisotopic (exact) mass is 213 g/mol.